The second kappa shape index (κ2) is 6.80. The molecule has 0 amide bonds. The van der Waals surface area contributed by atoms with Crippen LogP contribution in [0.15, 0.2) is 18.2 Å². The Labute approximate surface area is 165 Å². The van der Waals surface area contributed by atoms with Crippen LogP contribution in [-0.2, 0) is 13.0 Å². The van der Waals surface area contributed by atoms with Crippen LogP contribution in [0.2, 0.25) is 4.34 Å². The van der Waals surface area contributed by atoms with Gasteiger partial charge in [-0.1, -0.05) is 11.6 Å². The molecule has 0 radical (unpaired) electrons. The van der Waals surface area contributed by atoms with Gasteiger partial charge in [-0.05, 0) is 39.0 Å². The van der Waals surface area contributed by atoms with Crippen molar-refractivity contribution in [3.05, 3.63) is 61.6 Å². The van der Waals surface area contributed by atoms with E-state index in [4.69, 9.17) is 16.6 Å². The molecule has 0 aliphatic rings. The summed E-state index contributed by atoms with van der Waals surface area (Å²) in [6.45, 7) is 6.45. The van der Waals surface area contributed by atoms with Gasteiger partial charge in [0.05, 0.1) is 45.6 Å². The third-order valence-electron chi connectivity index (χ3n) is 4.64. The molecule has 0 unspecified atom stereocenters. The van der Waals surface area contributed by atoms with Gasteiger partial charge in [-0.2, -0.15) is 10.4 Å². The molecule has 0 bridgehead atoms. The third-order valence-corrected chi connectivity index (χ3v) is 5.89. The molecule has 0 aliphatic heterocycles. The first kappa shape index (κ1) is 17.7. The van der Waals surface area contributed by atoms with E-state index in [0.29, 0.717) is 22.9 Å². The molecule has 3 aromatic heterocycles. The molecule has 0 saturated heterocycles. The Balaban J connectivity index is 1.87. The fraction of sp³-hybridized carbons (Fsp3) is 0.263. The molecule has 4 rings (SSSR count). The molecule has 8 heteroatoms. The summed E-state index contributed by atoms with van der Waals surface area (Å²) in [5.74, 6) is 0.898. The number of benzene rings is 1. The zero-order chi connectivity index (χ0) is 19.1. The van der Waals surface area contributed by atoms with E-state index in [1.54, 1.807) is 6.07 Å². The second-order valence-electron chi connectivity index (χ2n) is 6.47. The van der Waals surface area contributed by atoms with E-state index >= 15 is 0 Å². The Morgan fingerprint density at radius 2 is 2.07 bits per heavy atom. The zero-order valence-corrected chi connectivity index (χ0v) is 16.7. The average Bonchev–Trinajstić information content (AvgIpc) is 3.26. The van der Waals surface area contributed by atoms with Crippen LogP contribution >= 0.6 is 22.9 Å². The monoisotopic (exact) mass is 396 g/mol. The second-order valence-corrected chi connectivity index (χ2v) is 8.28. The largest absolute Gasteiger partial charge is 0.321 e. The van der Waals surface area contributed by atoms with Crippen LogP contribution in [0.25, 0.3) is 11.0 Å². The molecule has 0 spiro atoms. The van der Waals surface area contributed by atoms with Gasteiger partial charge in [0, 0.05) is 17.7 Å². The lowest BCUT2D eigenvalue weighted by atomic mass is 10.1. The number of fused-ring (bicyclic) bond motifs is 1. The van der Waals surface area contributed by atoms with Gasteiger partial charge in [0.1, 0.15) is 10.2 Å². The summed E-state index contributed by atoms with van der Waals surface area (Å²) in [5.41, 5.74) is 6.31. The summed E-state index contributed by atoms with van der Waals surface area (Å²) < 4.78 is 2.79. The molecule has 3 heterocycles. The van der Waals surface area contributed by atoms with Crippen molar-refractivity contribution in [3.8, 4) is 6.07 Å². The number of halogens is 1. The fourth-order valence-corrected chi connectivity index (χ4v) is 4.32. The zero-order valence-electron chi connectivity index (χ0n) is 15.2. The summed E-state index contributed by atoms with van der Waals surface area (Å²) in [6.07, 6.45) is 0.644. The lowest BCUT2D eigenvalue weighted by Crippen LogP contribution is -2.07. The number of thiazole rings is 1. The molecule has 4 aromatic rings. The Kier molecular flexibility index (Phi) is 4.46. The van der Waals surface area contributed by atoms with E-state index in [0.717, 1.165) is 44.5 Å². The number of aryl methyl sites for hydroxylation is 3. The summed E-state index contributed by atoms with van der Waals surface area (Å²) in [7, 11) is 0. The Hall–Kier alpha value is -2.69. The number of imidazole rings is 1. The Morgan fingerprint density at radius 3 is 2.70 bits per heavy atom. The first-order valence-corrected chi connectivity index (χ1v) is 9.67. The minimum absolute atomic E-state index is 0.514. The highest BCUT2D eigenvalue weighted by molar-refractivity contribution is 7.15. The van der Waals surface area contributed by atoms with Crippen molar-refractivity contribution in [1.82, 2.24) is 24.7 Å². The summed E-state index contributed by atoms with van der Waals surface area (Å²) in [5, 5.41) is 17.5. The Morgan fingerprint density at radius 1 is 1.26 bits per heavy atom. The van der Waals surface area contributed by atoms with Crippen molar-refractivity contribution in [3.63, 3.8) is 0 Å². The van der Waals surface area contributed by atoms with E-state index in [2.05, 4.69) is 25.8 Å². The SMILES string of the molecule is Cc1nc(Cn2c(Cc3c(C)n[nH]c3C)nc3ccc(C#N)cc32)c(Cl)s1. The lowest BCUT2D eigenvalue weighted by molar-refractivity contribution is 0.745. The van der Waals surface area contributed by atoms with E-state index in [1.807, 2.05) is 32.9 Å². The summed E-state index contributed by atoms with van der Waals surface area (Å²) in [6, 6.07) is 7.75. The van der Waals surface area contributed by atoms with Crippen molar-refractivity contribution in [2.24, 2.45) is 0 Å². The first-order chi connectivity index (χ1) is 13.0. The molecule has 0 saturated carbocycles. The van der Waals surface area contributed by atoms with Crippen LogP contribution in [0.3, 0.4) is 0 Å². The van der Waals surface area contributed by atoms with Crippen LogP contribution in [0.5, 0.6) is 0 Å². The number of rotatable bonds is 4. The molecule has 1 aromatic carbocycles. The minimum Gasteiger partial charge on any atom is -0.321 e. The van der Waals surface area contributed by atoms with E-state index in [1.165, 1.54) is 11.3 Å². The minimum atomic E-state index is 0.514. The number of H-pyrrole nitrogens is 1. The van der Waals surface area contributed by atoms with Crippen molar-refractivity contribution >= 4 is 34.0 Å². The van der Waals surface area contributed by atoms with Gasteiger partial charge in [-0.15, -0.1) is 11.3 Å². The van der Waals surface area contributed by atoms with Crippen LogP contribution < -0.4 is 0 Å². The van der Waals surface area contributed by atoms with Gasteiger partial charge in [-0.25, -0.2) is 9.97 Å². The topological polar surface area (TPSA) is 83.2 Å². The van der Waals surface area contributed by atoms with E-state index in [-0.39, 0.29) is 0 Å². The molecule has 27 heavy (non-hydrogen) atoms. The van der Waals surface area contributed by atoms with Gasteiger partial charge in [0.25, 0.3) is 0 Å². The van der Waals surface area contributed by atoms with Gasteiger partial charge in [0.15, 0.2) is 0 Å². The average molecular weight is 397 g/mol. The maximum Gasteiger partial charge on any atom is 0.118 e. The van der Waals surface area contributed by atoms with Crippen LogP contribution in [0, 0.1) is 32.1 Å². The standard InChI is InChI=1S/C19H17ClN6S/c1-10-14(11(2)25-24-10)7-18-23-15-5-4-13(8-21)6-17(15)26(18)9-16-19(20)27-12(3)22-16/h4-6H,7,9H2,1-3H3,(H,24,25). The molecule has 6 nitrogen and oxygen atoms in total. The first-order valence-electron chi connectivity index (χ1n) is 8.47. The predicted molar refractivity (Wildman–Crippen MR) is 106 cm³/mol. The van der Waals surface area contributed by atoms with Crippen LogP contribution in [-0.4, -0.2) is 24.7 Å². The lowest BCUT2D eigenvalue weighted by Gasteiger charge is -2.09. The van der Waals surface area contributed by atoms with E-state index < -0.39 is 0 Å². The number of hydrogen-bond donors (Lipinski definition) is 1. The number of nitriles is 1. The maximum atomic E-state index is 9.29. The number of hydrogen-bond acceptors (Lipinski definition) is 5. The van der Waals surface area contributed by atoms with Crippen molar-refractivity contribution in [2.45, 2.75) is 33.7 Å². The molecule has 0 atom stereocenters. The van der Waals surface area contributed by atoms with Crippen molar-refractivity contribution < 1.29 is 0 Å². The highest BCUT2D eigenvalue weighted by Crippen LogP contribution is 2.28. The predicted octanol–water partition coefficient (Wildman–Crippen LogP) is 4.31. The molecule has 136 valence electrons. The number of aromatic amines is 1. The quantitative estimate of drug-likeness (QED) is 0.557. The molecular weight excluding hydrogens is 380 g/mol. The summed E-state index contributed by atoms with van der Waals surface area (Å²) >= 11 is 7.85. The van der Waals surface area contributed by atoms with E-state index in [9.17, 15) is 5.26 Å². The maximum absolute atomic E-state index is 9.29. The summed E-state index contributed by atoms with van der Waals surface area (Å²) in [4.78, 5) is 9.38. The van der Waals surface area contributed by atoms with Crippen LogP contribution in [0.4, 0.5) is 0 Å². The van der Waals surface area contributed by atoms with Gasteiger partial charge < -0.3 is 4.57 Å². The molecule has 0 fully saturated rings. The van der Waals surface area contributed by atoms with Crippen LogP contribution in [0.1, 0.15) is 39.0 Å². The number of aromatic nitrogens is 5. The molecule has 0 aliphatic carbocycles. The van der Waals surface area contributed by atoms with Crippen molar-refractivity contribution in [2.75, 3.05) is 0 Å². The van der Waals surface area contributed by atoms with Gasteiger partial charge in [-0.3, -0.25) is 5.10 Å². The highest BCUT2D eigenvalue weighted by Gasteiger charge is 2.18. The van der Waals surface area contributed by atoms with Gasteiger partial charge in [0.2, 0.25) is 0 Å². The smallest absolute Gasteiger partial charge is 0.118 e. The molecule has 1 N–H and O–H groups in total. The third kappa shape index (κ3) is 3.22. The van der Waals surface area contributed by atoms with Crippen molar-refractivity contribution in [1.29, 1.82) is 5.26 Å². The normalized spacial score (nSPS) is 11.2. The highest BCUT2D eigenvalue weighted by atomic mass is 35.5. The Bertz CT molecular complexity index is 1170. The number of nitrogens with one attached hydrogen (secondary N) is 1. The number of nitrogens with zero attached hydrogens (tertiary/aromatic N) is 5. The fourth-order valence-electron chi connectivity index (χ4n) is 3.24. The van der Waals surface area contributed by atoms with Gasteiger partial charge >= 0.3 is 0 Å². The molecular formula is C19H17ClN6S.